The van der Waals surface area contributed by atoms with E-state index in [1.807, 2.05) is 0 Å². The third-order valence-electron chi connectivity index (χ3n) is 5.51. The maximum Gasteiger partial charge on any atom is 0.234 e. The summed E-state index contributed by atoms with van der Waals surface area (Å²) in [6.07, 6.45) is 3.75. The van der Waals surface area contributed by atoms with E-state index in [1.165, 1.54) is 12.1 Å². The highest BCUT2D eigenvalue weighted by molar-refractivity contribution is 5.78. The van der Waals surface area contributed by atoms with Crippen LogP contribution in [0.5, 0.6) is 0 Å². The monoisotopic (exact) mass is 334 g/mol. The van der Waals surface area contributed by atoms with Crippen molar-refractivity contribution in [3.8, 4) is 0 Å². The zero-order valence-corrected chi connectivity index (χ0v) is 14.3. The minimum atomic E-state index is -0.518. The van der Waals surface area contributed by atoms with Crippen molar-refractivity contribution in [1.29, 1.82) is 0 Å². The molecule has 4 nitrogen and oxygen atoms in total. The zero-order chi connectivity index (χ0) is 17.2. The van der Waals surface area contributed by atoms with Crippen LogP contribution in [0.3, 0.4) is 0 Å². The molecule has 2 atom stereocenters. The SMILES string of the molecule is CC1CN(CC(=O)NCCc2ccc(F)cc2)CCC1(O)C1CC1. The van der Waals surface area contributed by atoms with Crippen LogP contribution in [0.4, 0.5) is 4.39 Å². The predicted octanol–water partition coefficient (Wildman–Crippen LogP) is 1.97. The summed E-state index contributed by atoms with van der Waals surface area (Å²) in [5.41, 5.74) is 0.494. The van der Waals surface area contributed by atoms with E-state index in [9.17, 15) is 14.3 Å². The van der Waals surface area contributed by atoms with Gasteiger partial charge in [0, 0.05) is 19.6 Å². The summed E-state index contributed by atoms with van der Waals surface area (Å²) in [6, 6.07) is 6.36. The highest BCUT2D eigenvalue weighted by Gasteiger charge is 2.49. The van der Waals surface area contributed by atoms with Gasteiger partial charge in [0.1, 0.15) is 5.82 Å². The number of carbonyl (C=O) groups excluding carboxylic acids is 1. The van der Waals surface area contributed by atoms with Gasteiger partial charge in [-0.05, 0) is 55.2 Å². The molecular weight excluding hydrogens is 307 g/mol. The summed E-state index contributed by atoms with van der Waals surface area (Å²) in [7, 11) is 0. The Morgan fingerprint density at radius 3 is 2.71 bits per heavy atom. The molecule has 24 heavy (non-hydrogen) atoms. The molecule has 0 spiro atoms. The van der Waals surface area contributed by atoms with Gasteiger partial charge in [-0.25, -0.2) is 4.39 Å². The summed E-state index contributed by atoms with van der Waals surface area (Å²) in [5.74, 6) is 0.458. The minimum Gasteiger partial charge on any atom is -0.389 e. The second kappa shape index (κ2) is 7.19. The molecule has 1 aromatic carbocycles. The average Bonchev–Trinajstić information content (AvgIpc) is 3.38. The molecular formula is C19H27FN2O2. The molecule has 1 amide bonds. The normalized spacial score (nSPS) is 27.9. The molecule has 5 heteroatoms. The first-order chi connectivity index (χ1) is 11.5. The topological polar surface area (TPSA) is 52.6 Å². The largest absolute Gasteiger partial charge is 0.389 e. The number of benzene rings is 1. The lowest BCUT2D eigenvalue weighted by atomic mass is 9.78. The molecule has 2 N–H and O–H groups in total. The summed E-state index contributed by atoms with van der Waals surface area (Å²) in [6.45, 7) is 4.59. The second-order valence-corrected chi connectivity index (χ2v) is 7.38. The fraction of sp³-hybridized carbons (Fsp3) is 0.632. The van der Waals surface area contributed by atoms with Crippen LogP contribution in [-0.4, -0.2) is 47.7 Å². The predicted molar refractivity (Wildman–Crippen MR) is 91.0 cm³/mol. The van der Waals surface area contributed by atoms with Crippen LogP contribution in [0.15, 0.2) is 24.3 Å². The molecule has 2 unspecified atom stereocenters. The lowest BCUT2D eigenvalue weighted by Crippen LogP contribution is -2.54. The molecule has 1 aliphatic carbocycles. The number of likely N-dealkylation sites (tertiary alicyclic amines) is 1. The van der Waals surface area contributed by atoms with Gasteiger partial charge in [0.05, 0.1) is 12.1 Å². The van der Waals surface area contributed by atoms with Gasteiger partial charge in [-0.15, -0.1) is 0 Å². The summed E-state index contributed by atoms with van der Waals surface area (Å²) < 4.78 is 12.8. The van der Waals surface area contributed by atoms with Crippen molar-refractivity contribution in [3.05, 3.63) is 35.6 Å². The molecule has 3 rings (SSSR count). The Morgan fingerprint density at radius 2 is 2.08 bits per heavy atom. The number of aliphatic hydroxyl groups is 1. The number of nitrogens with zero attached hydrogens (tertiary/aromatic N) is 1. The van der Waals surface area contributed by atoms with Gasteiger partial charge < -0.3 is 10.4 Å². The van der Waals surface area contributed by atoms with E-state index in [1.54, 1.807) is 12.1 Å². The Labute approximate surface area is 143 Å². The number of hydrogen-bond acceptors (Lipinski definition) is 3. The number of halogens is 1. The molecule has 1 heterocycles. The maximum absolute atomic E-state index is 12.8. The third-order valence-corrected chi connectivity index (χ3v) is 5.51. The van der Waals surface area contributed by atoms with Crippen LogP contribution < -0.4 is 5.32 Å². The van der Waals surface area contributed by atoms with E-state index >= 15 is 0 Å². The highest BCUT2D eigenvalue weighted by Crippen LogP contribution is 2.47. The van der Waals surface area contributed by atoms with Crippen molar-refractivity contribution in [2.45, 2.75) is 38.2 Å². The Bertz CT molecular complexity index is 573. The lowest BCUT2D eigenvalue weighted by Gasteiger charge is -2.43. The Balaban J connectivity index is 1.38. The number of carbonyl (C=O) groups is 1. The van der Waals surface area contributed by atoms with Gasteiger partial charge in [0.15, 0.2) is 0 Å². The molecule has 2 fully saturated rings. The Kier molecular flexibility index (Phi) is 5.21. The number of hydrogen-bond donors (Lipinski definition) is 2. The number of nitrogens with one attached hydrogen (secondary N) is 1. The van der Waals surface area contributed by atoms with Crippen LogP contribution in [0, 0.1) is 17.7 Å². The standard InChI is InChI=1S/C19H27FN2O2/c1-14-12-22(11-9-19(14,24)16-4-5-16)13-18(23)21-10-8-15-2-6-17(20)7-3-15/h2-3,6-7,14,16,24H,4-5,8-13H2,1H3,(H,21,23). The molecule has 0 bridgehead atoms. The van der Waals surface area contributed by atoms with Gasteiger partial charge in [0.25, 0.3) is 0 Å². The second-order valence-electron chi connectivity index (χ2n) is 7.38. The van der Waals surface area contributed by atoms with E-state index in [0.29, 0.717) is 25.4 Å². The first-order valence-corrected chi connectivity index (χ1v) is 8.93. The Hall–Kier alpha value is -1.46. The molecule has 1 aliphatic heterocycles. The molecule has 132 valence electrons. The molecule has 2 aliphatic rings. The van der Waals surface area contributed by atoms with Gasteiger partial charge >= 0.3 is 0 Å². The van der Waals surface area contributed by atoms with Crippen molar-refractivity contribution in [3.63, 3.8) is 0 Å². The summed E-state index contributed by atoms with van der Waals surface area (Å²) >= 11 is 0. The first-order valence-electron chi connectivity index (χ1n) is 8.93. The van der Waals surface area contributed by atoms with E-state index in [-0.39, 0.29) is 17.6 Å². The van der Waals surface area contributed by atoms with Crippen LogP contribution in [0.1, 0.15) is 31.7 Å². The van der Waals surface area contributed by atoms with E-state index in [4.69, 9.17) is 0 Å². The fourth-order valence-corrected chi connectivity index (χ4v) is 3.81. The fourth-order valence-electron chi connectivity index (χ4n) is 3.81. The Morgan fingerprint density at radius 1 is 1.38 bits per heavy atom. The highest BCUT2D eigenvalue weighted by atomic mass is 19.1. The third kappa shape index (κ3) is 4.14. The van der Waals surface area contributed by atoms with Gasteiger partial charge in [-0.3, -0.25) is 9.69 Å². The molecule has 1 aromatic rings. The smallest absolute Gasteiger partial charge is 0.234 e. The zero-order valence-electron chi connectivity index (χ0n) is 14.3. The van der Waals surface area contributed by atoms with Crippen molar-refractivity contribution in [2.24, 2.45) is 11.8 Å². The minimum absolute atomic E-state index is 0.0150. The molecule has 1 saturated carbocycles. The van der Waals surface area contributed by atoms with Crippen LogP contribution in [-0.2, 0) is 11.2 Å². The van der Waals surface area contributed by atoms with Crippen molar-refractivity contribution >= 4 is 5.91 Å². The average molecular weight is 334 g/mol. The maximum atomic E-state index is 12.8. The van der Waals surface area contributed by atoms with Crippen LogP contribution in [0.25, 0.3) is 0 Å². The quantitative estimate of drug-likeness (QED) is 0.836. The van der Waals surface area contributed by atoms with E-state index < -0.39 is 5.60 Å². The lowest BCUT2D eigenvalue weighted by molar-refractivity contribution is -0.125. The number of piperidine rings is 1. The van der Waals surface area contributed by atoms with Crippen LogP contribution in [0.2, 0.25) is 0 Å². The van der Waals surface area contributed by atoms with Gasteiger partial charge in [0.2, 0.25) is 5.91 Å². The molecule has 0 radical (unpaired) electrons. The summed E-state index contributed by atoms with van der Waals surface area (Å²) in [5, 5.41) is 13.7. The van der Waals surface area contributed by atoms with Crippen molar-refractivity contribution in [1.82, 2.24) is 10.2 Å². The summed E-state index contributed by atoms with van der Waals surface area (Å²) in [4.78, 5) is 14.2. The number of rotatable bonds is 6. The van der Waals surface area contributed by atoms with Crippen molar-refractivity contribution < 1.29 is 14.3 Å². The van der Waals surface area contributed by atoms with E-state index in [2.05, 4.69) is 17.1 Å². The molecule has 1 saturated heterocycles. The molecule has 0 aromatic heterocycles. The van der Waals surface area contributed by atoms with Gasteiger partial charge in [-0.1, -0.05) is 19.1 Å². The van der Waals surface area contributed by atoms with E-state index in [0.717, 1.165) is 37.9 Å². The van der Waals surface area contributed by atoms with Crippen LogP contribution >= 0.6 is 0 Å². The number of amides is 1. The van der Waals surface area contributed by atoms with Gasteiger partial charge in [-0.2, -0.15) is 0 Å². The first kappa shape index (κ1) is 17.4. The van der Waals surface area contributed by atoms with Crippen molar-refractivity contribution in [2.75, 3.05) is 26.2 Å².